The number of hydrogen-bond donors (Lipinski definition) is 2. The maximum Gasteiger partial charge on any atom is 0.248 e. The van der Waals surface area contributed by atoms with Gasteiger partial charge in [-0.15, -0.1) is 6.58 Å². The van der Waals surface area contributed by atoms with Gasteiger partial charge in [-0.05, 0) is 60.9 Å². The first-order valence-corrected chi connectivity index (χ1v) is 23.7. The summed E-state index contributed by atoms with van der Waals surface area (Å²) in [5.41, 5.74) is 0.274. The molecule has 1 amide bonds. The second-order valence-electron chi connectivity index (χ2n) is 17.2. The average molecular weight is 740 g/mol. The maximum absolute atomic E-state index is 12.7. The van der Waals surface area contributed by atoms with Crippen LogP contribution in [0.15, 0.2) is 36.9 Å². The number of hydrogen-bond acceptors (Lipinski definition) is 9. The van der Waals surface area contributed by atoms with Gasteiger partial charge in [0, 0.05) is 31.4 Å². The minimum Gasteiger partial charge on any atom is -0.497 e. The number of nitrogens with zero attached hydrogens (tertiary/aromatic N) is 1. The Balaban J connectivity index is 2.51. The third kappa shape index (κ3) is 11.2. The molecule has 288 valence electrons. The number of carbonyl (C=O) groups excluding carboxylic acids is 1. The SMILES string of the molecule is C=C[C@H]([C@@H](O)[C@H](CO[Si](C)(C)C(C)(C)C)[C@H](O[Si](C)(C)C(C)(C)C)C1(C)O[C@@H]1[C@@H](C)COCc1ccc(OC)cc1)[C@@H](O)CC(=O)N(C)OC. The second kappa shape index (κ2) is 17.5. The topological polar surface area (TPSA) is 119 Å². The van der Waals surface area contributed by atoms with E-state index in [4.69, 9.17) is 27.9 Å². The first-order chi connectivity index (χ1) is 22.9. The van der Waals surface area contributed by atoms with Crippen molar-refractivity contribution in [2.24, 2.45) is 17.8 Å². The van der Waals surface area contributed by atoms with Crippen LogP contribution in [0.25, 0.3) is 0 Å². The van der Waals surface area contributed by atoms with Gasteiger partial charge in [-0.2, -0.15) is 0 Å². The van der Waals surface area contributed by atoms with Crippen LogP contribution in [0, 0.1) is 17.8 Å². The first kappa shape index (κ1) is 44.5. The number of methoxy groups -OCH3 is 1. The lowest BCUT2D eigenvalue weighted by Crippen LogP contribution is -2.57. The number of epoxide rings is 1. The molecule has 1 aliphatic rings. The van der Waals surface area contributed by atoms with Crippen LogP contribution in [0.3, 0.4) is 0 Å². The van der Waals surface area contributed by atoms with E-state index in [2.05, 4.69) is 88.2 Å². The molecule has 1 aromatic rings. The van der Waals surface area contributed by atoms with Crippen LogP contribution in [0.2, 0.25) is 36.3 Å². The van der Waals surface area contributed by atoms with Gasteiger partial charge in [-0.3, -0.25) is 9.63 Å². The Morgan fingerprint density at radius 3 is 2.06 bits per heavy atom. The normalized spacial score (nSPS) is 22.2. The number of aliphatic hydroxyl groups is 2. The molecule has 1 saturated heterocycles. The number of benzene rings is 1. The van der Waals surface area contributed by atoms with Crippen LogP contribution in [0.1, 0.15) is 67.4 Å². The zero-order chi connectivity index (χ0) is 38.5. The fraction of sp³-hybridized carbons (Fsp3) is 0.763. The number of amides is 1. The van der Waals surface area contributed by atoms with Crippen LogP contribution < -0.4 is 4.74 Å². The Hall–Kier alpha value is -1.62. The van der Waals surface area contributed by atoms with Crippen LogP contribution in [-0.4, -0.2) is 102 Å². The fourth-order valence-corrected chi connectivity index (χ4v) is 8.13. The van der Waals surface area contributed by atoms with E-state index in [1.165, 1.54) is 20.2 Å². The average Bonchev–Trinajstić information content (AvgIpc) is 3.71. The van der Waals surface area contributed by atoms with Crippen molar-refractivity contribution in [1.29, 1.82) is 0 Å². The monoisotopic (exact) mass is 739 g/mol. The van der Waals surface area contributed by atoms with Crippen LogP contribution in [0.4, 0.5) is 0 Å². The minimum absolute atomic E-state index is 0.0193. The Kier molecular flexibility index (Phi) is 15.6. The van der Waals surface area contributed by atoms with Crippen molar-refractivity contribution in [3.8, 4) is 5.75 Å². The molecule has 1 unspecified atom stereocenters. The molecule has 0 aromatic heterocycles. The van der Waals surface area contributed by atoms with Gasteiger partial charge in [-0.25, -0.2) is 5.06 Å². The van der Waals surface area contributed by atoms with Gasteiger partial charge in [0.15, 0.2) is 16.6 Å². The lowest BCUT2D eigenvalue weighted by atomic mass is 9.78. The van der Waals surface area contributed by atoms with Crippen LogP contribution >= 0.6 is 0 Å². The quantitative estimate of drug-likeness (QED) is 0.0633. The van der Waals surface area contributed by atoms with E-state index in [9.17, 15) is 15.0 Å². The Bertz CT molecular complexity index is 1230. The van der Waals surface area contributed by atoms with Crippen molar-refractivity contribution in [1.82, 2.24) is 5.06 Å². The van der Waals surface area contributed by atoms with E-state index in [-0.39, 0.29) is 35.1 Å². The molecule has 0 radical (unpaired) electrons. The third-order valence-electron chi connectivity index (χ3n) is 11.4. The number of carbonyl (C=O) groups is 1. The largest absolute Gasteiger partial charge is 0.497 e. The molecule has 0 aliphatic carbocycles. The van der Waals surface area contributed by atoms with Gasteiger partial charge < -0.3 is 33.3 Å². The van der Waals surface area contributed by atoms with Crippen molar-refractivity contribution in [3.05, 3.63) is 42.5 Å². The molecule has 1 aromatic carbocycles. The molecule has 2 N–H and O–H groups in total. The Labute approximate surface area is 305 Å². The lowest BCUT2D eigenvalue weighted by Gasteiger charge is -2.46. The van der Waals surface area contributed by atoms with E-state index in [0.29, 0.717) is 13.2 Å². The van der Waals surface area contributed by atoms with Crippen molar-refractivity contribution < 1.29 is 42.9 Å². The maximum atomic E-state index is 12.7. The molecule has 8 atom stereocenters. The zero-order valence-electron chi connectivity index (χ0n) is 33.7. The predicted molar refractivity (Wildman–Crippen MR) is 204 cm³/mol. The molecule has 1 aliphatic heterocycles. The first-order valence-electron chi connectivity index (χ1n) is 17.9. The predicted octanol–water partition coefficient (Wildman–Crippen LogP) is 6.97. The molecule has 0 saturated carbocycles. The number of ether oxygens (including phenoxy) is 3. The van der Waals surface area contributed by atoms with Crippen molar-refractivity contribution >= 4 is 22.5 Å². The summed E-state index contributed by atoms with van der Waals surface area (Å²) in [5, 5.41) is 24.6. The molecule has 0 bridgehead atoms. The number of rotatable bonds is 20. The van der Waals surface area contributed by atoms with Crippen LogP contribution in [-0.2, 0) is 34.6 Å². The molecular weight excluding hydrogens is 671 g/mol. The van der Waals surface area contributed by atoms with E-state index in [0.717, 1.165) is 16.4 Å². The van der Waals surface area contributed by atoms with Crippen molar-refractivity contribution in [3.63, 3.8) is 0 Å². The summed E-state index contributed by atoms with van der Waals surface area (Å²) in [6, 6.07) is 7.82. The van der Waals surface area contributed by atoms with Crippen molar-refractivity contribution in [2.45, 2.75) is 135 Å². The highest BCUT2D eigenvalue weighted by molar-refractivity contribution is 6.74. The molecular formula is C38H69NO9Si2. The Morgan fingerprint density at radius 2 is 1.58 bits per heavy atom. The molecule has 2 rings (SSSR count). The molecule has 10 nitrogen and oxygen atoms in total. The number of hydroxylamine groups is 2. The highest BCUT2D eigenvalue weighted by Gasteiger charge is 2.64. The summed E-state index contributed by atoms with van der Waals surface area (Å²) in [6.07, 6.45) is -1.90. The Morgan fingerprint density at radius 1 is 1.02 bits per heavy atom. The molecule has 12 heteroatoms. The van der Waals surface area contributed by atoms with Crippen molar-refractivity contribution in [2.75, 3.05) is 34.5 Å². The smallest absolute Gasteiger partial charge is 0.248 e. The highest BCUT2D eigenvalue weighted by Crippen LogP contribution is 2.51. The van der Waals surface area contributed by atoms with Gasteiger partial charge in [0.1, 0.15) is 11.4 Å². The summed E-state index contributed by atoms with van der Waals surface area (Å²) in [5.74, 6) is -1.07. The number of aliphatic hydroxyl groups excluding tert-OH is 2. The molecule has 0 spiro atoms. The molecule has 50 heavy (non-hydrogen) atoms. The van der Waals surface area contributed by atoms with E-state index >= 15 is 0 Å². The standard InChI is InChI=1S/C38H69NO9Si2/c1-17-29(31(40)22-32(41)39(10)44-12)33(42)30(25-46-49(13,14)36(3,4)5)35(48-50(15,16)37(6,7)8)38(9)34(47-38)26(2)23-45-24-27-18-20-28(43-11)21-19-27/h17-21,26,29-31,33-35,40,42H,1,22-25H2,2-16H3/t26-,29-,30-,31-,33+,34+,35-,38?/m0/s1. The molecule has 1 fully saturated rings. The van der Waals surface area contributed by atoms with Gasteiger partial charge in [0.05, 0.1) is 58.3 Å². The fourth-order valence-electron chi connectivity index (χ4n) is 5.69. The van der Waals surface area contributed by atoms with Crippen LogP contribution in [0.5, 0.6) is 5.75 Å². The molecule has 1 heterocycles. The zero-order valence-corrected chi connectivity index (χ0v) is 35.7. The summed E-state index contributed by atoms with van der Waals surface area (Å²) in [7, 11) is -0.236. The summed E-state index contributed by atoms with van der Waals surface area (Å²) >= 11 is 0. The summed E-state index contributed by atoms with van der Waals surface area (Å²) in [6.45, 7) is 31.1. The third-order valence-corrected chi connectivity index (χ3v) is 20.4. The summed E-state index contributed by atoms with van der Waals surface area (Å²) < 4.78 is 32.2. The van der Waals surface area contributed by atoms with E-state index in [1.807, 2.05) is 24.3 Å². The van der Waals surface area contributed by atoms with Gasteiger partial charge in [-0.1, -0.05) is 66.7 Å². The van der Waals surface area contributed by atoms with E-state index in [1.54, 1.807) is 7.11 Å². The van der Waals surface area contributed by atoms with Gasteiger partial charge >= 0.3 is 0 Å². The highest BCUT2D eigenvalue weighted by atomic mass is 28.4. The lowest BCUT2D eigenvalue weighted by molar-refractivity contribution is -0.172. The summed E-state index contributed by atoms with van der Waals surface area (Å²) in [4.78, 5) is 17.8. The second-order valence-corrected chi connectivity index (χ2v) is 26.8. The van der Waals surface area contributed by atoms with Gasteiger partial charge in [0.25, 0.3) is 0 Å². The minimum atomic E-state index is -2.46. The van der Waals surface area contributed by atoms with Gasteiger partial charge in [0.2, 0.25) is 5.91 Å². The van der Waals surface area contributed by atoms with E-state index < -0.39 is 58.3 Å².